The number of hydrogen-bond acceptors (Lipinski definition) is 5. The van der Waals surface area contributed by atoms with Gasteiger partial charge >= 0.3 is 6.18 Å². The molecule has 5 rings (SSSR count). The van der Waals surface area contributed by atoms with Gasteiger partial charge in [0.05, 0.1) is 30.5 Å². The summed E-state index contributed by atoms with van der Waals surface area (Å²) in [4.78, 5) is 29.6. The summed E-state index contributed by atoms with van der Waals surface area (Å²) in [5.41, 5.74) is 6.25. The first-order valence-corrected chi connectivity index (χ1v) is 12.8. The van der Waals surface area contributed by atoms with Crippen molar-refractivity contribution in [1.29, 1.82) is 0 Å². The Kier molecular flexibility index (Phi) is 8.03. The third-order valence-corrected chi connectivity index (χ3v) is 6.86. The van der Waals surface area contributed by atoms with E-state index in [2.05, 4.69) is 20.5 Å². The predicted molar refractivity (Wildman–Crippen MR) is 140 cm³/mol. The third-order valence-electron chi connectivity index (χ3n) is 6.86. The zero-order valence-corrected chi connectivity index (χ0v) is 21.8. The van der Waals surface area contributed by atoms with Gasteiger partial charge in [-0.15, -0.1) is 0 Å². The highest BCUT2D eigenvalue weighted by Crippen LogP contribution is 2.38. The van der Waals surface area contributed by atoms with Gasteiger partial charge in [-0.3, -0.25) is 19.7 Å². The maximum Gasteiger partial charge on any atom is 0.435 e. The topological polar surface area (TPSA) is 123 Å². The maximum absolute atomic E-state index is 14.1. The SMILES string of the molecule is NC(=O)c1cccc(-c2cccnc2C(Cc2cc(F)cc(F)c2)NC(=O)C[C@@H]2OCCc3c(C(F)(F)F)n[nH]c32)c1. The van der Waals surface area contributed by atoms with Crippen LogP contribution in [0.2, 0.25) is 0 Å². The van der Waals surface area contributed by atoms with Crippen LogP contribution in [0.5, 0.6) is 0 Å². The molecule has 1 unspecified atom stereocenters. The Morgan fingerprint density at radius 2 is 1.86 bits per heavy atom. The molecule has 3 heterocycles. The number of aromatic nitrogens is 3. The standard InChI is InChI=1S/C29H24F5N5O3/c30-18-9-15(10-19(31)13-18)11-22(25-20(5-2-7-36-25)16-3-1-4-17(12-16)28(35)41)37-24(40)14-23-26-21(6-8-42-23)27(39-38-26)29(32,33)34/h1-5,7,9-10,12-13,22-23H,6,8,11,14H2,(H2,35,41)(H,37,40)(H,38,39)/t22?,23-/m0/s1. The lowest BCUT2D eigenvalue weighted by atomic mass is 9.94. The van der Waals surface area contributed by atoms with Crippen LogP contribution in [-0.2, 0) is 28.5 Å². The van der Waals surface area contributed by atoms with Crippen LogP contribution in [0.4, 0.5) is 22.0 Å². The lowest BCUT2D eigenvalue weighted by molar-refractivity contribution is -0.142. The average molecular weight is 586 g/mol. The number of carbonyl (C=O) groups excluding carboxylic acids is 2. The Balaban J connectivity index is 1.47. The zero-order valence-electron chi connectivity index (χ0n) is 21.8. The maximum atomic E-state index is 14.1. The first-order chi connectivity index (χ1) is 20.0. The van der Waals surface area contributed by atoms with Crippen molar-refractivity contribution in [2.45, 2.75) is 37.6 Å². The fourth-order valence-corrected chi connectivity index (χ4v) is 5.06. The van der Waals surface area contributed by atoms with Gasteiger partial charge in [0.15, 0.2) is 5.69 Å². The van der Waals surface area contributed by atoms with Crippen molar-refractivity contribution in [3.63, 3.8) is 0 Å². The van der Waals surface area contributed by atoms with Crippen LogP contribution < -0.4 is 11.1 Å². The number of nitrogens with zero attached hydrogens (tertiary/aromatic N) is 2. The largest absolute Gasteiger partial charge is 0.435 e. The smallest absolute Gasteiger partial charge is 0.371 e. The normalized spacial score (nSPS) is 15.6. The fourth-order valence-electron chi connectivity index (χ4n) is 5.06. The number of nitrogens with two attached hydrogens (primary N) is 1. The molecule has 2 aromatic carbocycles. The van der Waals surface area contributed by atoms with E-state index in [0.29, 0.717) is 16.8 Å². The van der Waals surface area contributed by atoms with E-state index in [1.807, 2.05) is 0 Å². The van der Waals surface area contributed by atoms with Gasteiger partial charge in [0.1, 0.15) is 17.7 Å². The van der Waals surface area contributed by atoms with Crippen molar-refractivity contribution in [2.75, 3.05) is 6.61 Å². The summed E-state index contributed by atoms with van der Waals surface area (Å²) in [5.74, 6) is -2.89. The molecular formula is C29H24F5N5O3. The van der Waals surface area contributed by atoms with Crippen LogP contribution in [0, 0.1) is 11.6 Å². The molecule has 2 atom stereocenters. The van der Waals surface area contributed by atoms with E-state index in [0.717, 1.165) is 18.2 Å². The van der Waals surface area contributed by atoms with Gasteiger partial charge in [0.2, 0.25) is 11.8 Å². The van der Waals surface area contributed by atoms with Crippen molar-refractivity contribution >= 4 is 11.8 Å². The van der Waals surface area contributed by atoms with Gasteiger partial charge in [0.25, 0.3) is 0 Å². The molecule has 0 spiro atoms. The quantitative estimate of drug-likeness (QED) is 0.252. The van der Waals surface area contributed by atoms with Crippen LogP contribution in [0.15, 0.2) is 60.8 Å². The number of ether oxygens (including phenoxy) is 1. The number of halogens is 5. The molecule has 13 heteroatoms. The van der Waals surface area contributed by atoms with Crippen molar-refractivity contribution in [2.24, 2.45) is 5.73 Å². The number of pyridine rings is 1. The van der Waals surface area contributed by atoms with Crippen molar-refractivity contribution in [3.8, 4) is 11.1 Å². The van der Waals surface area contributed by atoms with Gasteiger partial charge in [-0.1, -0.05) is 18.2 Å². The molecule has 1 aliphatic rings. The minimum Gasteiger partial charge on any atom is -0.371 e. The van der Waals surface area contributed by atoms with Crippen molar-refractivity contribution in [3.05, 3.63) is 106 Å². The number of carbonyl (C=O) groups is 2. The molecule has 4 N–H and O–H groups in total. The number of benzene rings is 2. The fraction of sp³-hybridized carbons (Fsp3) is 0.241. The highest BCUT2D eigenvalue weighted by molar-refractivity contribution is 5.94. The number of nitrogens with one attached hydrogen (secondary N) is 2. The number of primary amides is 1. The molecule has 1 aliphatic heterocycles. The number of hydrogen-bond donors (Lipinski definition) is 3. The van der Waals surface area contributed by atoms with Gasteiger partial charge < -0.3 is 15.8 Å². The molecule has 0 saturated heterocycles. The minimum atomic E-state index is -4.67. The van der Waals surface area contributed by atoms with Crippen LogP contribution in [0.1, 0.15) is 57.1 Å². The van der Waals surface area contributed by atoms with E-state index in [1.165, 1.54) is 12.3 Å². The molecule has 8 nitrogen and oxygen atoms in total. The molecule has 0 aliphatic carbocycles. The van der Waals surface area contributed by atoms with E-state index >= 15 is 0 Å². The van der Waals surface area contributed by atoms with E-state index in [-0.39, 0.29) is 48.3 Å². The summed E-state index contributed by atoms with van der Waals surface area (Å²) in [6, 6.07) is 11.8. The molecule has 4 aromatic rings. The van der Waals surface area contributed by atoms with Crippen LogP contribution in [-0.4, -0.2) is 33.6 Å². The molecule has 2 amide bonds. The Morgan fingerprint density at radius 1 is 1.10 bits per heavy atom. The second-order valence-corrected chi connectivity index (χ2v) is 9.76. The van der Waals surface area contributed by atoms with Gasteiger partial charge in [-0.05, 0) is 54.3 Å². The molecule has 0 radical (unpaired) electrons. The van der Waals surface area contributed by atoms with Crippen LogP contribution >= 0.6 is 0 Å². The van der Waals surface area contributed by atoms with Crippen molar-refractivity contribution in [1.82, 2.24) is 20.5 Å². The Bertz CT molecular complexity index is 1620. The van der Waals surface area contributed by atoms with Crippen LogP contribution in [0.25, 0.3) is 11.1 Å². The summed E-state index contributed by atoms with van der Waals surface area (Å²) >= 11 is 0. The van der Waals surface area contributed by atoms with E-state index in [1.54, 1.807) is 30.3 Å². The van der Waals surface area contributed by atoms with Crippen molar-refractivity contribution < 1.29 is 36.3 Å². The van der Waals surface area contributed by atoms with E-state index < -0.39 is 47.5 Å². The molecule has 0 fully saturated rings. The molecule has 0 saturated carbocycles. The van der Waals surface area contributed by atoms with Crippen LogP contribution in [0.3, 0.4) is 0 Å². The highest BCUT2D eigenvalue weighted by atomic mass is 19.4. The monoisotopic (exact) mass is 585 g/mol. The summed E-state index contributed by atoms with van der Waals surface area (Å²) in [7, 11) is 0. The first kappa shape index (κ1) is 28.9. The Hall–Kier alpha value is -4.65. The molecule has 0 bridgehead atoms. The average Bonchev–Trinajstić information content (AvgIpc) is 3.38. The zero-order chi connectivity index (χ0) is 30.0. The summed E-state index contributed by atoms with van der Waals surface area (Å²) in [5, 5.41) is 8.57. The highest BCUT2D eigenvalue weighted by Gasteiger charge is 2.40. The number of alkyl halides is 3. The molecule has 218 valence electrons. The van der Waals surface area contributed by atoms with Gasteiger partial charge in [0, 0.05) is 29.0 Å². The number of aromatic amines is 1. The third kappa shape index (κ3) is 6.30. The van der Waals surface area contributed by atoms with E-state index in [4.69, 9.17) is 10.5 Å². The minimum absolute atomic E-state index is 0.0196. The molecule has 2 aromatic heterocycles. The Labute approximate surface area is 236 Å². The van der Waals surface area contributed by atoms with Gasteiger partial charge in [-0.25, -0.2) is 8.78 Å². The van der Waals surface area contributed by atoms with Gasteiger partial charge in [-0.2, -0.15) is 18.3 Å². The number of fused-ring (bicyclic) bond motifs is 1. The summed E-state index contributed by atoms with van der Waals surface area (Å²) in [6.07, 6.45) is -4.68. The number of H-pyrrole nitrogens is 1. The molecular weight excluding hydrogens is 561 g/mol. The molecule has 42 heavy (non-hydrogen) atoms. The summed E-state index contributed by atoms with van der Waals surface area (Å²) < 4.78 is 73.9. The lowest BCUT2D eigenvalue weighted by Gasteiger charge is -2.25. The second-order valence-electron chi connectivity index (χ2n) is 9.76. The summed E-state index contributed by atoms with van der Waals surface area (Å²) in [6.45, 7) is -0.0415. The first-order valence-electron chi connectivity index (χ1n) is 12.8. The lowest BCUT2D eigenvalue weighted by Crippen LogP contribution is -2.33. The second kappa shape index (κ2) is 11.7. The van der Waals surface area contributed by atoms with E-state index in [9.17, 15) is 31.5 Å². The number of rotatable bonds is 8. The predicted octanol–water partition coefficient (Wildman–Crippen LogP) is 4.97. The Morgan fingerprint density at radius 3 is 2.57 bits per heavy atom. The number of amides is 2.